The van der Waals surface area contributed by atoms with Crippen LogP contribution in [-0.2, 0) is 25.6 Å². The number of piperidine rings is 1. The van der Waals surface area contributed by atoms with Gasteiger partial charge in [0.05, 0.1) is 5.69 Å². The number of hydrogen-bond donors (Lipinski definition) is 0. The lowest BCUT2D eigenvalue weighted by Crippen LogP contribution is -2.56. The molecule has 2 amide bonds. The summed E-state index contributed by atoms with van der Waals surface area (Å²) in [5.74, 6) is 0.148. The maximum atomic E-state index is 12.9. The van der Waals surface area contributed by atoms with Crippen LogP contribution in [0.25, 0.3) is 0 Å². The van der Waals surface area contributed by atoms with E-state index in [9.17, 15) is 9.59 Å². The lowest BCUT2D eigenvalue weighted by molar-refractivity contribution is -0.147. The van der Waals surface area contributed by atoms with Crippen molar-refractivity contribution in [3.63, 3.8) is 0 Å². The maximum Gasteiger partial charge on any atom is 0.249 e. The van der Waals surface area contributed by atoms with Crippen LogP contribution >= 0.6 is 0 Å². The molecule has 29 heavy (non-hydrogen) atoms. The number of carbonyl (C=O) groups excluding carboxylic acids is 2. The lowest BCUT2D eigenvalue weighted by atomic mass is 9.98. The average molecular weight is 407 g/mol. The fourth-order valence-corrected chi connectivity index (χ4v) is 4.54. The predicted molar refractivity (Wildman–Crippen MR) is 108 cm³/mol. The lowest BCUT2D eigenvalue weighted by Gasteiger charge is -2.44. The average Bonchev–Trinajstić information content (AvgIpc) is 3.04. The van der Waals surface area contributed by atoms with E-state index in [4.69, 9.17) is 9.47 Å². The van der Waals surface area contributed by atoms with Gasteiger partial charge in [0.2, 0.25) is 11.8 Å². The molecule has 0 aromatic carbocycles. The van der Waals surface area contributed by atoms with Crippen LogP contribution in [0.2, 0.25) is 0 Å². The summed E-state index contributed by atoms with van der Waals surface area (Å²) < 4.78 is 12.5. The standard InChI is InChI=1S/C21H34N4O4/c1-16-13-17(2)24(22-16)10-6-20(26)23-9-4-5-19(14-23)25(21(27)15-28-3)18-7-11-29-12-8-18/h13,18-19H,4-12,14-15H2,1-3H3. The molecule has 2 aliphatic heterocycles. The Kier molecular flexibility index (Phi) is 7.66. The normalized spacial score (nSPS) is 20.7. The van der Waals surface area contributed by atoms with Gasteiger partial charge < -0.3 is 19.3 Å². The molecule has 3 heterocycles. The van der Waals surface area contributed by atoms with Gasteiger partial charge in [0.15, 0.2) is 0 Å². The number of hydrogen-bond acceptors (Lipinski definition) is 5. The Labute approximate surface area is 173 Å². The number of methoxy groups -OCH3 is 1. The highest BCUT2D eigenvalue weighted by Gasteiger charge is 2.35. The van der Waals surface area contributed by atoms with Gasteiger partial charge in [0.25, 0.3) is 0 Å². The molecule has 162 valence electrons. The fourth-order valence-electron chi connectivity index (χ4n) is 4.54. The second-order valence-electron chi connectivity index (χ2n) is 8.11. The Hall–Kier alpha value is -1.93. The smallest absolute Gasteiger partial charge is 0.249 e. The number of carbonyl (C=O) groups is 2. The number of amides is 2. The Morgan fingerprint density at radius 3 is 2.66 bits per heavy atom. The number of nitrogens with zero attached hydrogens (tertiary/aromatic N) is 4. The molecule has 0 aliphatic carbocycles. The molecule has 0 saturated carbocycles. The van der Waals surface area contributed by atoms with Crippen LogP contribution in [0, 0.1) is 13.8 Å². The minimum Gasteiger partial charge on any atom is -0.381 e. The summed E-state index contributed by atoms with van der Waals surface area (Å²) in [7, 11) is 1.55. The number of ether oxygens (including phenoxy) is 2. The summed E-state index contributed by atoms with van der Waals surface area (Å²) in [6.45, 7) is 7.36. The zero-order chi connectivity index (χ0) is 20.8. The van der Waals surface area contributed by atoms with Gasteiger partial charge in [-0.15, -0.1) is 0 Å². The number of likely N-dealkylation sites (tertiary alicyclic amines) is 1. The van der Waals surface area contributed by atoms with Crippen LogP contribution in [-0.4, -0.2) is 83.5 Å². The molecule has 2 saturated heterocycles. The molecule has 1 unspecified atom stereocenters. The first kappa shape index (κ1) is 21.8. The highest BCUT2D eigenvalue weighted by Crippen LogP contribution is 2.24. The van der Waals surface area contributed by atoms with E-state index in [0.29, 0.717) is 32.7 Å². The van der Waals surface area contributed by atoms with Crippen molar-refractivity contribution in [1.82, 2.24) is 19.6 Å². The van der Waals surface area contributed by atoms with Gasteiger partial charge in [0.1, 0.15) is 6.61 Å². The summed E-state index contributed by atoms with van der Waals surface area (Å²) in [4.78, 5) is 29.6. The van der Waals surface area contributed by atoms with Crippen LogP contribution < -0.4 is 0 Å². The third-order valence-corrected chi connectivity index (χ3v) is 5.92. The van der Waals surface area contributed by atoms with Crippen molar-refractivity contribution < 1.29 is 19.1 Å². The molecule has 2 fully saturated rings. The van der Waals surface area contributed by atoms with Gasteiger partial charge in [-0.2, -0.15) is 5.10 Å². The van der Waals surface area contributed by atoms with Gasteiger partial charge in [-0.25, -0.2) is 0 Å². The number of rotatable bonds is 7. The van der Waals surface area contributed by atoms with Crippen LogP contribution in [0.1, 0.15) is 43.5 Å². The minimum atomic E-state index is 0.0151. The second kappa shape index (κ2) is 10.2. The Morgan fingerprint density at radius 2 is 2.00 bits per heavy atom. The largest absolute Gasteiger partial charge is 0.381 e. The Balaban J connectivity index is 1.62. The van der Waals surface area contributed by atoms with Crippen LogP contribution in [0.15, 0.2) is 6.07 Å². The second-order valence-corrected chi connectivity index (χ2v) is 8.11. The monoisotopic (exact) mass is 406 g/mol. The van der Waals surface area contributed by atoms with Crippen LogP contribution in [0.3, 0.4) is 0 Å². The molecule has 8 heteroatoms. The van der Waals surface area contributed by atoms with Crippen molar-refractivity contribution in [3.05, 3.63) is 17.5 Å². The van der Waals surface area contributed by atoms with Crippen LogP contribution in [0.4, 0.5) is 0 Å². The SMILES string of the molecule is COCC(=O)N(C1CCOCC1)C1CCCN(C(=O)CCn2nc(C)cc2C)C1. The van der Waals surface area contributed by atoms with E-state index in [0.717, 1.165) is 43.6 Å². The quantitative estimate of drug-likeness (QED) is 0.686. The van der Waals surface area contributed by atoms with Gasteiger partial charge in [-0.05, 0) is 45.6 Å². The van der Waals surface area contributed by atoms with Gasteiger partial charge >= 0.3 is 0 Å². The van der Waals surface area contributed by atoms with E-state index in [2.05, 4.69) is 5.10 Å². The van der Waals surface area contributed by atoms with Gasteiger partial charge in [0, 0.05) is 64.2 Å². The third kappa shape index (κ3) is 5.57. The van der Waals surface area contributed by atoms with Crippen molar-refractivity contribution in [1.29, 1.82) is 0 Å². The number of aryl methyl sites for hydroxylation is 3. The van der Waals surface area contributed by atoms with Crippen molar-refractivity contribution in [2.24, 2.45) is 0 Å². The zero-order valence-corrected chi connectivity index (χ0v) is 17.9. The summed E-state index contributed by atoms with van der Waals surface area (Å²) in [6, 6.07) is 2.24. The van der Waals surface area contributed by atoms with E-state index in [1.807, 2.05) is 34.4 Å². The van der Waals surface area contributed by atoms with E-state index >= 15 is 0 Å². The highest BCUT2D eigenvalue weighted by atomic mass is 16.5. The first-order valence-corrected chi connectivity index (χ1v) is 10.7. The molecular weight excluding hydrogens is 372 g/mol. The summed E-state index contributed by atoms with van der Waals surface area (Å²) in [5.41, 5.74) is 2.04. The maximum absolute atomic E-state index is 12.9. The topological polar surface area (TPSA) is 76.9 Å². The molecule has 1 atom stereocenters. The van der Waals surface area contributed by atoms with Crippen molar-refractivity contribution in [3.8, 4) is 0 Å². The molecule has 1 aromatic rings. The molecule has 8 nitrogen and oxygen atoms in total. The molecule has 0 N–H and O–H groups in total. The molecular formula is C21H34N4O4. The van der Waals surface area contributed by atoms with Crippen molar-refractivity contribution >= 4 is 11.8 Å². The van der Waals surface area contributed by atoms with E-state index < -0.39 is 0 Å². The minimum absolute atomic E-state index is 0.0151. The predicted octanol–water partition coefficient (Wildman–Crippen LogP) is 1.54. The van der Waals surface area contributed by atoms with Crippen LogP contribution in [0.5, 0.6) is 0 Å². The van der Waals surface area contributed by atoms with Gasteiger partial charge in [-0.1, -0.05) is 0 Å². The molecule has 2 aliphatic rings. The molecule has 0 spiro atoms. The molecule has 0 radical (unpaired) electrons. The molecule has 3 rings (SSSR count). The van der Waals surface area contributed by atoms with Gasteiger partial charge in [-0.3, -0.25) is 14.3 Å². The zero-order valence-electron chi connectivity index (χ0n) is 17.9. The molecule has 0 bridgehead atoms. The summed E-state index contributed by atoms with van der Waals surface area (Å²) in [5, 5.41) is 4.44. The Bertz CT molecular complexity index is 699. The van der Waals surface area contributed by atoms with E-state index in [1.165, 1.54) is 0 Å². The van der Waals surface area contributed by atoms with Crippen molar-refractivity contribution in [2.75, 3.05) is 40.0 Å². The first-order chi connectivity index (χ1) is 14.0. The van der Waals surface area contributed by atoms with E-state index in [-0.39, 0.29) is 30.5 Å². The fraction of sp³-hybridized carbons (Fsp3) is 0.762. The number of aromatic nitrogens is 2. The van der Waals surface area contributed by atoms with Crippen molar-refractivity contribution in [2.45, 2.75) is 64.6 Å². The highest BCUT2D eigenvalue weighted by molar-refractivity contribution is 5.79. The first-order valence-electron chi connectivity index (χ1n) is 10.7. The Morgan fingerprint density at radius 1 is 1.24 bits per heavy atom. The summed E-state index contributed by atoms with van der Waals surface area (Å²) >= 11 is 0. The summed E-state index contributed by atoms with van der Waals surface area (Å²) in [6.07, 6.45) is 3.96. The molecule has 1 aromatic heterocycles. The van der Waals surface area contributed by atoms with E-state index in [1.54, 1.807) is 7.11 Å². The third-order valence-electron chi connectivity index (χ3n) is 5.92.